The first kappa shape index (κ1) is 11.9. The maximum absolute atomic E-state index is 11.9. The second-order valence-corrected chi connectivity index (χ2v) is 5.26. The van der Waals surface area contributed by atoms with E-state index < -0.39 is 0 Å². The summed E-state index contributed by atoms with van der Waals surface area (Å²) in [5, 5.41) is 13.6. The number of aromatic nitrogens is 3. The van der Waals surface area contributed by atoms with Gasteiger partial charge in [0.15, 0.2) is 5.82 Å². The van der Waals surface area contributed by atoms with Gasteiger partial charge in [-0.05, 0) is 19.1 Å². The molecule has 0 aliphatic heterocycles. The summed E-state index contributed by atoms with van der Waals surface area (Å²) in [6, 6.07) is 7.67. The van der Waals surface area contributed by atoms with Gasteiger partial charge >= 0.3 is 0 Å². The zero-order chi connectivity index (χ0) is 13.2. The van der Waals surface area contributed by atoms with Crippen LogP contribution in [0.25, 0.3) is 10.9 Å². The molecule has 1 aromatic carbocycles. The van der Waals surface area contributed by atoms with Crippen LogP contribution in [-0.4, -0.2) is 21.1 Å². The summed E-state index contributed by atoms with van der Waals surface area (Å²) in [5.74, 6) is 0.454. The molecule has 0 radical (unpaired) electrons. The Labute approximate surface area is 113 Å². The van der Waals surface area contributed by atoms with E-state index in [4.69, 9.17) is 0 Å². The third-order valence-electron chi connectivity index (χ3n) is 2.74. The van der Waals surface area contributed by atoms with E-state index >= 15 is 0 Å². The van der Waals surface area contributed by atoms with Gasteiger partial charge in [0.25, 0.3) is 0 Å². The second kappa shape index (κ2) is 4.81. The number of carbonyl (C=O) groups is 1. The number of nitrogens with zero attached hydrogens (tertiary/aromatic N) is 2. The minimum Gasteiger partial charge on any atom is -0.308 e. The predicted molar refractivity (Wildman–Crippen MR) is 75.3 cm³/mol. The third-order valence-corrected chi connectivity index (χ3v) is 3.56. The highest BCUT2D eigenvalue weighted by Crippen LogP contribution is 2.19. The number of fused-ring (bicyclic) bond motifs is 1. The van der Waals surface area contributed by atoms with Crippen LogP contribution in [0.2, 0.25) is 0 Å². The smallest absolute Gasteiger partial charge is 0.231 e. The Bertz CT molecular complexity index is 731. The van der Waals surface area contributed by atoms with Gasteiger partial charge in [0.05, 0.1) is 22.6 Å². The Morgan fingerprint density at radius 3 is 3.05 bits per heavy atom. The molecular formula is C13H12N4OS. The van der Waals surface area contributed by atoms with Gasteiger partial charge in [-0.25, -0.2) is 4.98 Å². The summed E-state index contributed by atoms with van der Waals surface area (Å²) in [5.41, 5.74) is 1.70. The zero-order valence-electron chi connectivity index (χ0n) is 10.3. The van der Waals surface area contributed by atoms with E-state index in [2.05, 4.69) is 20.5 Å². The van der Waals surface area contributed by atoms with Crippen LogP contribution < -0.4 is 5.32 Å². The van der Waals surface area contributed by atoms with Crippen LogP contribution in [0.1, 0.15) is 10.7 Å². The van der Waals surface area contributed by atoms with Gasteiger partial charge in [-0.2, -0.15) is 5.10 Å². The van der Waals surface area contributed by atoms with Crippen LogP contribution in [0, 0.1) is 6.92 Å². The van der Waals surface area contributed by atoms with Crippen molar-refractivity contribution in [1.82, 2.24) is 15.2 Å². The van der Waals surface area contributed by atoms with Crippen LogP contribution in [0.15, 0.2) is 29.6 Å². The Balaban J connectivity index is 1.76. The number of hydrogen-bond donors (Lipinski definition) is 2. The highest BCUT2D eigenvalue weighted by molar-refractivity contribution is 7.09. The number of rotatable bonds is 3. The van der Waals surface area contributed by atoms with Crippen molar-refractivity contribution in [1.29, 1.82) is 0 Å². The zero-order valence-corrected chi connectivity index (χ0v) is 11.1. The number of carbonyl (C=O) groups excluding carboxylic acids is 1. The molecule has 96 valence electrons. The Morgan fingerprint density at radius 2 is 2.26 bits per heavy atom. The molecule has 1 amide bonds. The van der Waals surface area contributed by atoms with Crippen LogP contribution in [0.4, 0.5) is 5.82 Å². The van der Waals surface area contributed by atoms with E-state index in [9.17, 15) is 4.79 Å². The van der Waals surface area contributed by atoms with Crippen molar-refractivity contribution in [3.63, 3.8) is 0 Å². The fourth-order valence-corrected chi connectivity index (χ4v) is 2.50. The number of benzene rings is 1. The molecule has 3 rings (SSSR count). The number of aromatic amines is 1. The first-order valence-electron chi connectivity index (χ1n) is 5.86. The number of H-pyrrole nitrogens is 1. The maximum atomic E-state index is 11.9. The van der Waals surface area contributed by atoms with Crippen LogP contribution in [-0.2, 0) is 11.2 Å². The van der Waals surface area contributed by atoms with Crippen LogP contribution in [0.3, 0.4) is 0 Å². The minimum atomic E-state index is -0.109. The van der Waals surface area contributed by atoms with Gasteiger partial charge in [-0.15, -0.1) is 11.3 Å². The van der Waals surface area contributed by atoms with Gasteiger partial charge in [0.2, 0.25) is 5.91 Å². The fourth-order valence-electron chi connectivity index (χ4n) is 1.89. The summed E-state index contributed by atoms with van der Waals surface area (Å²) in [7, 11) is 0. The number of amides is 1. The van der Waals surface area contributed by atoms with Crippen molar-refractivity contribution in [2.24, 2.45) is 0 Å². The van der Waals surface area contributed by atoms with Gasteiger partial charge in [-0.3, -0.25) is 9.89 Å². The number of aryl methyl sites for hydroxylation is 1. The van der Waals surface area contributed by atoms with Gasteiger partial charge in [-0.1, -0.05) is 12.1 Å². The Kier molecular flexibility index (Phi) is 3.00. The Hall–Kier alpha value is -2.21. The molecule has 3 aromatic rings. The lowest BCUT2D eigenvalue weighted by atomic mass is 10.2. The largest absolute Gasteiger partial charge is 0.308 e. The molecule has 0 saturated carbocycles. The predicted octanol–water partition coefficient (Wildman–Crippen LogP) is 2.51. The average molecular weight is 272 g/mol. The number of nitrogens with one attached hydrogen (secondary N) is 2. The summed E-state index contributed by atoms with van der Waals surface area (Å²) < 4.78 is 0. The van der Waals surface area contributed by atoms with E-state index in [1.807, 2.05) is 36.6 Å². The molecule has 19 heavy (non-hydrogen) atoms. The second-order valence-electron chi connectivity index (χ2n) is 4.20. The first-order chi connectivity index (χ1) is 9.22. The molecule has 5 nitrogen and oxygen atoms in total. The molecule has 2 heterocycles. The van der Waals surface area contributed by atoms with Gasteiger partial charge < -0.3 is 5.32 Å². The summed E-state index contributed by atoms with van der Waals surface area (Å²) in [6.45, 7) is 1.92. The molecule has 6 heteroatoms. The van der Waals surface area contributed by atoms with E-state index in [0.717, 1.165) is 21.6 Å². The maximum Gasteiger partial charge on any atom is 0.231 e. The fraction of sp³-hybridized carbons (Fsp3) is 0.154. The van der Waals surface area contributed by atoms with Gasteiger partial charge in [0.1, 0.15) is 0 Å². The molecule has 0 saturated heterocycles. The molecule has 0 fully saturated rings. The molecule has 0 aliphatic carbocycles. The van der Waals surface area contributed by atoms with Crippen molar-refractivity contribution < 1.29 is 4.79 Å². The standard InChI is InChI=1S/C13H12N4OS/c1-8-14-9(7-19-8)6-12(18)15-13-10-4-2-3-5-11(10)16-17-13/h2-5,7H,6H2,1H3,(H2,15,16,17,18). The lowest BCUT2D eigenvalue weighted by molar-refractivity contribution is -0.115. The molecule has 2 N–H and O–H groups in total. The molecule has 0 atom stereocenters. The minimum absolute atomic E-state index is 0.109. The SMILES string of the molecule is Cc1nc(CC(=O)Nc2n[nH]c3ccccc23)cs1. The van der Waals surface area contributed by atoms with Crippen LogP contribution >= 0.6 is 11.3 Å². The lowest BCUT2D eigenvalue weighted by Crippen LogP contribution is -2.15. The highest BCUT2D eigenvalue weighted by Gasteiger charge is 2.10. The highest BCUT2D eigenvalue weighted by atomic mass is 32.1. The number of anilines is 1. The van der Waals surface area contributed by atoms with Crippen LogP contribution in [0.5, 0.6) is 0 Å². The Morgan fingerprint density at radius 1 is 1.42 bits per heavy atom. The monoisotopic (exact) mass is 272 g/mol. The average Bonchev–Trinajstić information content (AvgIpc) is 2.97. The quantitative estimate of drug-likeness (QED) is 0.769. The molecule has 2 aromatic heterocycles. The van der Waals surface area contributed by atoms with E-state index in [1.165, 1.54) is 0 Å². The van der Waals surface area contributed by atoms with Crippen molar-refractivity contribution >= 4 is 34.0 Å². The topological polar surface area (TPSA) is 70.7 Å². The van der Waals surface area contributed by atoms with Gasteiger partial charge in [0, 0.05) is 10.8 Å². The lowest BCUT2D eigenvalue weighted by Gasteiger charge is -2.00. The molecule has 0 bridgehead atoms. The van der Waals surface area contributed by atoms with Crippen molar-refractivity contribution in [2.45, 2.75) is 13.3 Å². The molecule has 0 spiro atoms. The van der Waals surface area contributed by atoms with E-state index in [1.54, 1.807) is 11.3 Å². The number of thiazole rings is 1. The van der Waals surface area contributed by atoms with E-state index in [0.29, 0.717) is 5.82 Å². The van der Waals surface area contributed by atoms with Crippen molar-refractivity contribution in [2.75, 3.05) is 5.32 Å². The normalized spacial score (nSPS) is 10.8. The summed E-state index contributed by atoms with van der Waals surface area (Å²) >= 11 is 1.54. The summed E-state index contributed by atoms with van der Waals surface area (Å²) in [6.07, 6.45) is 0.269. The van der Waals surface area contributed by atoms with Crippen molar-refractivity contribution in [3.05, 3.63) is 40.3 Å². The van der Waals surface area contributed by atoms with Crippen molar-refractivity contribution in [3.8, 4) is 0 Å². The molecular weight excluding hydrogens is 260 g/mol. The third kappa shape index (κ3) is 2.48. The molecule has 0 aliphatic rings. The molecule has 0 unspecified atom stereocenters. The number of para-hydroxylation sites is 1. The first-order valence-corrected chi connectivity index (χ1v) is 6.74. The van der Waals surface area contributed by atoms with E-state index in [-0.39, 0.29) is 12.3 Å². The number of hydrogen-bond acceptors (Lipinski definition) is 4. The summed E-state index contributed by atoms with van der Waals surface area (Å²) in [4.78, 5) is 16.2.